The number of fused-ring (bicyclic) bond motifs is 1. The number of rotatable bonds is 5. The molecule has 6 rings (SSSR count). The third kappa shape index (κ3) is 5.24. The third-order valence-corrected chi connectivity index (χ3v) is 8.26. The highest BCUT2D eigenvalue weighted by Crippen LogP contribution is 2.48. The molecule has 3 fully saturated rings. The number of carbonyl (C=O) groups excluding carboxylic acids is 3. The van der Waals surface area contributed by atoms with Gasteiger partial charge in [0.15, 0.2) is 0 Å². The number of anilines is 1. The van der Waals surface area contributed by atoms with Crippen LogP contribution in [0, 0.1) is 23.2 Å². The van der Waals surface area contributed by atoms with Crippen molar-refractivity contribution in [1.29, 1.82) is 5.26 Å². The number of aromatic nitrogens is 2. The van der Waals surface area contributed by atoms with Crippen molar-refractivity contribution in [2.75, 3.05) is 11.9 Å². The minimum atomic E-state index is -0.179. The monoisotopic (exact) mass is 502 g/mol. The molecule has 3 heterocycles. The summed E-state index contributed by atoms with van der Waals surface area (Å²) >= 11 is 0. The molecule has 3 saturated carbocycles. The van der Waals surface area contributed by atoms with Gasteiger partial charge >= 0.3 is 0 Å². The van der Waals surface area contributed by atoms with Crippen LogP contribution in [0.1, 0.15) is 76.2 Å². The lowest BCUT2D eigenvalue weighted by molar-refractivity contribution is -0.139. The van der Waals surface area contributed by atoms with Crippen LogP contribution < -0.4 is 11.1 Å². The summed E-state index contributed by atoms with van der Waals surface area (Å²) in [6.07, 6.45) is 14.0. The van der Waals surface area contributed by atoms with Crippen LogP contribution in [0.4, 0.5) is 5.82 Å². The smallest absolute Gasteiger partial charge is 0.237 e. The number of primary amides is 1. The predicted octanol–water partition coefficient (Wildman–Crippen LogP) is 4.03. The topological polar surface area (TPSA) is 145 Å². The van der Waals surface area contributed by atoms with Gasteiger partial charge in [0.1, 0.15) is 17.9 Å². The largest absolute Gasteiger partial charge is 0.369 e. The number of nitrogens with one attached hydrogen (secondary N) is 2. The van der Waals surface area contributed by atoms with Crippen molar-refractivity contribution in [2.45, 2.75) is 76.2 Å². The summed E-state index contributed by atoms with van der Waals surface area (Å²) in [7, 11) is 0. The molecule has 1 spiro atoms. The van der Waals surface area contributed by atoms with E-state index in [1.54, 1.807) is 0 Å². The lowest BCUT2D eigenvalue weighted by Crippen LogP contribution is -2.57. The molecule has 9 heteroatoms. The Morgan fingerprint density at radius 3 is 2.51 bits per heavy atom. The Bertz CT molecular complexity index is 1270. The predicted molar refractivity (Wildman–Crippen MR) is 140 cm³/mol. The number of hydrogen-bond acceptors (Lipinski definition) is 5. The summed E-state index contributed by atoms with van der Waals surface area (Å²) in [5.41, 5.74) is 7.87. The second-order valence-electron chi connectivity index (χ2n) is 10.8. The second kappa shape index (κ2) is 10.4. The van der Waals surface area contributed by atoms with Crippen LogP contribution in [0.2, 0.25) is 0 Å². The number of nitrogens with zero attached hydrogens (tertiary/aromatic N) is 3. The number of H-pyrrole nitrogens is 1. The molecule has 194 valence electrons. The van der Waals surface area contributed by atoms with Gasteiger partial charge in [-0.3, -0.25) is 14.4 Å². The molecule has 0 bridgehead atoms. The van der Waals surface area contributed by atoms with E-state index < -0.39 is 0 Å². The van der Waals surface area contributed by atoms with E-state index in [9.17, 15) is 14.4 Å². The van der Waals surface area contributed by atoms with Crippen molar-refractivity contribution in [2.24, 2.45) is 17.6 Å². The number of nitriles is 1. The summed E-state index contributed by atoms with van der Waals surface area (Å²) in [4.78, 5) is 44.8. The SMILES string of the molecule is N#CCC(=O)N1CC=C(c2cc(NC(=O)C3CC3)nc3[nH]ccc23)CC12CCC2.NC(=O)C1CCCC1. The van der Waals surface area contributed by atoms with Crippen LogP contribution in [0.3, 0.4) is 0 Å². The van der Waals surface area contributed by atoms with Gasteiger partial charge in [-0.1, -0.05) is 18.9 Å². The molecule has 0 atom stereocenters. The third-order valence-electron chi connectivity index (χ3n) is 8.26. The minimum absolute atomic E-state index is 0.0377. The van der Waals surface area contributed by atoms with E-state index in [0.29, 0.717) is 12.4 Å². The van der Waals surface area contributed by atoms with Crippen LogP contribution >= 0.6 is 0 Å². The average Bonchev–Trinajstić information content (AvgIpc) is 3.35. The fraction of sp³-hybridized carbons (Fsp3) is 0.536. The first-order chi connectivity index (χ1) is 17.9. The van der Waals surface area contributed by atoms with E-state index in [2.05, 4.69) is 21.4 Å². The van der Waals surface area contributed by atoms with Crippen molar-refractivity contribution < 1.29 is 14.4 Å². The average molecular weight is 503 g/mol. The Hall–Kier alpha value is -3.67. The lowest BCUT2D eigenvalue weighted by Gasteiger charge is -2.52. The van der Waals surface area contributed by atoms with Crippen molar-refractivity contribution in [3.8, 4) is 6.07 Å². The van der Waals surface area contributed by atoms with Gasteiger partial charge in [-0.15, -0.1) is 0 Å². The fourth-order valence-corrected chi connectivity index (χ4v) is 5.83. The number of hydrogen-bond donors (Lipinski definition) is 3. The Labute approximate surface area is 216 Å². The zero-order valence-corrected chi connectivity index (χ0v) is 21.1. The van der Waals surface area contributed by atoms with E-state index in [4.69, 9.17) is 11.0 Å². The summed E-state index contributed by atoms with van der Waals surface area (Å²) in [5, 5.41) is 12.9. The molecule has 0 aromatic carbocycles. The van der Waals surface area contributed by atoms with Crippen LogP contribution in [0.15, 0.2) is 24.4 Å². The zero-order chi connectivity index (χ0) is 26.0. The normalized spacial score (nSPS) is 20.4. The number of pyridine rings is 1. The van der Waals surface area contributed by atoms with Gasteiger partial charge < -0.3 is 20.9 Å². The van der Waals surface area contributed by atoms with Crippen LogP contribution in [-0.2, 0) is 14.4 Å². The van der Waals surface area contributed by atoms with Crippen LogP contribution in [-0.4, -0.2) is 44.7 Å². The van der Waals surface area contributed by atoms with Crippen LogP contribution in [0.5, 0.6) is 0 Å². The maximum atomic E-state index is 12.5. The summed E-state index contributed by atoms with van der Waals surface area (Å²) in [6, 6.07) is 5.95. The maximum Gasteiger partial charge on any atom is 0.237 e. The lowest BCUT2D eigenvalue weighted by atomic mass is 9.68. The molecule has 4 aliphatic rings. The molecular formula is C28H34N6O3. The second-order valence-corrected chi connectivity index (χ2v) is 10.8. The number of carbonyl (C=O) groups is 3. The maximum absolute atomic E-state index is 12.5. The summed E-state index contributed by atoms with van der Waals surface area (Å²) < 4.78 is 0. The summed E-state index contributed by atoms with van der Waals surface area (Å²) in [5.74, 6) is 0.736. The van der Waals surface area contributed by atoms with Gasteiger partial charge in [0, 0.05) is 35.5 Å². The highest BCUT2D eigenvalue weighted by molar-refractivity contribution is 5.97. The van der Waals surface area contributed by atoms with E-state index in [0.717, 1.165) is 68.0 Å². The van der Waals surface area contributed by atoms with Crippen LogP contribution in [0.25, 0.3) is 16.6 Å². The van der Waals surface area contributed by atoms with Gasteiger partial charge in [-0.2, -0.15) is 5.26 Å². The first-order valence-electron chi connectivity index (χ1n) is 13.4. The standard InChI is InChI=1S/C22H23N5O2.C6H11NO/c23-9-4-19(28)27-11-6-15(13-22(27)7-1-8-22)17-12-18(26-21(29)14-2-3-14)25-20-16(17)5-10-24-20;7-6(8)5-3-1-2-4-5/h5-6,10,12,14H,1-4,7-8,11,13H2,(H2,24,25,26,29);5H,1-4H2,(H2,7,8). The molecule has 1 aliphatic heterocycles. The Morgan fingerprint density at radius 2 is 1.92 bits per heavy atom. The van der Waals surface area contributed by atoms with Gasteiger partial charge in [-0.05, 0) is 74.6 Å². The van der Waals surface area contributed by atoms with E-state index in [-0.39, 0.29) is 41.5 Å². The highest BCUT2D eigenvalue weighted by atomic mass is 16.2. The molecule has 3 aliphatic carbocycles. The minimum Gasteiger partial charge on any atom is -0.369 e. The zero-order valence-electron chi connectivity index (χ0n) is 21.1. The highest BCUT2D eigenvalue weighted by Gasteiger charge is 2.46. The summed E-state index contributed by atoms with van der Waals surface area (Å²) in [6.45, 7) is 0.522. The molecule has 0 saturated heterocycles. The Morgan fingerprint density at radius 1 is 1.16 bits per heavy atom. The Kier molecular flexibility index (Phi) is 7.00. The van der Waals surface area contributed by atoms with E-state index >= 15 is 0 Å². The van der Waals surface area contributed by atoms with Crippen molar-refractivity contribution in [1.82, 2.24) is 14.9 Å². The fourth-order valence-electron chi connectivity index (χ4n) is 5.83. The van der Waals surface area contributed by atoms with Gasteiger partial charge in [0.2, 0.25) is 17.7 Å². The Balaban J connectivity index is 0.000000301. The molecule has 2 aromatic heterocycles. The molecule has 3 amide bonds. The molecule has 0 radical (unpaired) electrons. The molecule has 4 N–H and O–H groups in total. The first-order valence-corrected chi connectivity index (χ1v) is 13.4. The van der Waals surface area contributed by atoms with Gasteiger partial charge in [0.25, 0.3) is 0 Å². The number of nitrogens with two attached hydrogens (primary N) is 1. The molecule has 37 heavy (non-hydrogen) atoms. The van der Waals surface area contributed by atoms with Gasteiger partial charge in [-0.25, -0.2) is 4.98 Å². The quantitative estimate of drug-likeness (QED) is 0.565. The molecular weight excluding hydrogens is 468 g/mol. The van der Waals surface area contributed by atoms with E-state index in [1.165, 1.54) is 18.4 Å². The van der Waals surface area contributed by atoms with Gasteiger partial charge in [0.05, 0.1) is 6.07 Å². The molecule has 2 aromatic rings. The molecule has 9 nitrogen and oxygen atoms in total. The molecule has 0 unspecified atom stereocenters. The van der Waals surface area contributed by atoms with Crippen molar-refractivity contribution in [3.05, 3.63) is 30.0 Å². The number of amides is 3. The van der Waals surface area contributed by atoms with Crippen molar-refractivity contribution >= 4 is 40.1 Å². The van der Waals surface area contributed by atoms with E-state index in [1.807, 2.05) is 29.3 Å². The first kappa shape index (κ1) is 25.0. The van der Waals surface area contributed by atoms with Crippen molar-refractivity contribution in [3.63, 3.8) is 0 Å². The number of aromatic amines is 1.